The van der Waals surface area contributed by atoms with Crippen molar-refractivity contribution < 1.29 is 4.73 Å². The van der Waals surface area contributed by atoms with Crippen LogP contribution in [0.25, 0.3) is 0 Å². The van der Waals surface area contributed by atoms with E-state index in [1.54, 1.807) is 12.1 Å². The Balaban J connectivity index is 3.02. The Bertz CT molecular complexity index is 138. The second kappa shape index (κ2) is 1.60. The number of hydrogen-bond donors (Lipinski definition) is 0. The molecule has 0 aromatic carbocycles. The van der Waals surface area contributed by atoms with Crippen molar-refractivity contribution in [2.75, 3.05) is 0 Å². The first-order chi connectivity index (χ1) is 3.39. The Morgan fingerprint density at radius 2 is 2.43 bits per heavy atom. The fraction of sp³-hybridized carbons (Fsp3) is 0. The molecule has 0 unspecified atom stereocenters. The minimum atomic E-state index is 0.569. The van der Waals surface area contributed by atoms with Crippen LogP contribution in [0.1, 0.15) is 0 Å². The zero-order valence-corrected chi connectivity index (χ0v) is 3.59. The standard InChI is InChI=1S/C5H3NO/c7-6-4-2-1-3-5-6/h1-2,4H. The Morgan fingerprint density at radius 3 is 2.71 bits per heavy atom. The molecule has 0 aliphatic heterocycles. The molecule has 1 aromatic rings. The summed E-state index contributed by atoms with van der Waals surface area (Å²) in [5.41, 5.74) is 0. The normalized spacial score (nSPS) is 8.57. The second-order valence-corrected chi connectivity index (χ2v) is 1.09. The van der Waals surface area contributed by atoms with Gasteiger partial charge in [-0.15, -0.1) is 0 Å². The van der Waals surface area contributed by atoms with Gasteiger partial charge in [-0.05, 0) is 6.07 Å². The molecule has 0 aliphatic carbocycles. The zero-order chi connectivity index (χ0) is 5.11. The van der Waals surface area contributed by atoms with Crippen LogP contribution < -0.4 is 4.73 Å². The first-order valence-electron chi connectivity index (χ1n) is 1.87. The van der Waals surface area contributed by atoms with Crippen LogP contribution in [-0.4, -0.2) is 0 Å². The van der Waals surface area contributed by atoms with E-state index < -0.39 is 0 Å². The quantitative estimate of drug-likeness (QED) is 0.325. The number of pyridine rings is 1. The minimum absolute atomic E-state index is 0.569. The predicted octanol–water partition coefficient (Wildman–Crippen LogP) is -0.0796. The predicted molar refractivity (Wildman–Crippen MR) is 23.1 cm³/mol. The Morgan fingerprint density at radius 1 is 1.57 bits per heavy atom. The molecule has 2 heteroatoms. The molecule has 0 bridgehead atoms. The lowest BCUT2D eigenvalue weighted by atomic mass is 10.5. The molecule has 2 radical (unpaired) electrons. The van der Waals surface area contributed by atoms with E-state index in [0.717, 1.165) is 0 Å². The van der Waals surface area contributed by atoms with Crippen molar-refractivity contribution in [2.45, 2.75) is 0 Å². The molecular weight excluding hydrogens is 90.1 g/mol. The van der Waals surface area contributed by atoms with Gasteiger partial charge in [0, 0.05) is 6.07 Å². The maximum absolute atomic E-state index is 10.1. The largest absolute Gasteiger partial charge is 0.618 e. The molecule has 2 nitrogen and oxygen atoms in total. The number of rotatable bonds is 0. The lowest BCUT2D eigenvalue weighted by molar-refractivity contribution is -0.610. The van der Waals surface area contributed by atoms with Gasteiger partial charge in [-0.25, -0.2) is 0 Å². The molecule has 1 heterocycles. The summed E-state index contributed by atoms with van der Waals surface area (Å²) >= 11 is 0. The third-order valence-corrected chi connectivity index (χ3v) is 0.576. The van der Waals surface area contributed by atoms with Gasteiger partial charge in [-0.3, -0.25) is 0 Å². The highest BCUT2D eigenvalue weighted by atomic mass is 16.5. The minimum Gasteiger partial charge on any atom is -0.618 e. The van der Waals surface area contributed by atoms with Crippen LogP contribution in [-0.2, 0) is 0 Å². The summed E-state index contributed by atoms with van der Waals surface area (Å²) in [6.07, 6.45) is 3.62. The second-order valence-electron chi connectivity index (χ2n) is 1.09. The molecule has 0 saturated heterocycles. The average Bonchev–Trinajstić information content (AvgIpc) is 1.69. The van der Waals surface area contributed by atoms with Crippen molar-refractivity contribution in [3.63, 3.8) is 0 Å². The number of hydrogen-bond acceptors (Lipinski definition) is 1. The maximum atomic E-state index is 10.1. The van der Waals surface area contributed by atoms with Gasteiger partial charge in [0.2, 0.25) is 0 Å². The van der Waals surface area contributed by atoms with Crippen molar-refractivity contribution >= 4 is 0 Å². The molecule has 0 N–H and O–H groups in total. The van der Waals surface area contributed by atoms with E-state index in [0.29, 0.717) is 4.73 Å². The van der Waals surface area contributed by atoms with Gasteiger partial charge in [0.1, 0.15) is 0 Å². The highest BCUT2D eigenvalue weighted by molar-refractivity contribution is 4.80. The van der Waals surface area contributed by atoms with Gasteiger partial charge in [0.15, 0.2) is 6.20 Å². The van der Waals surface area contributed by atoms with Crippen LogP contribution in [0.15, 0.2) is 18.3 Å². The summed E-state index contributed by atoms with van der Waals surface area (Å²) < 4.78 is 0.569. The van der Waals surface area contributed by atoms with Gasteiger partial charge in [0.05, 0.1) is 6.07 Å². The topological polar surface area (TPSA) is 26.9 Å². The van der Waals surface area contributed by atoms with E-state index in [2.05, 4.69) is 12.3 Å². The Hall–Kier alpha value is -1.05. The summed E-state index contributed by atoms with van der Waals surface area (Å²) in [5.74, 6) is 0. The van der Waals surface area contributed by atoms with Crippen molar-refractivity contribution in [3.05, 3.63) is 35.8 Å². The van der Waals surface area contributed by atoms with Crippen LogP contribution in [0.4, 0.5) is 0 Å². The summed E-state index contributed by atoms with van der Waals surface area (Å²) in [6.45, 7) is 0. The van der Waals surface area contributed by atoms with Crippen LogP contribution in [0.3, 0.4) is 0 Å². The molecule has 1 rings (SSSR count). The summed E-state index contributed by atoms with van der Waals surface area (Å²) in [7, 11) is 0. The summed E-state index contributed by atoms with van der Waals surface area (Å²) in [6, 6.07) is 5.71. The van der Waals surface area contributed by atoms with E-state index in [4.69, 9.17) is 0 Å². The van der Waals surface area contributed by atoms with E-state index >= 15 is 0 Å². The van der Waals surface area contributed by atoms with Crippen LogP contribution >= 0.6 is 0 Å². The van der Waals surface area contributed by atoms with E-state index in [-0.39, 0.29) is 0 Å². The van der Waals surface area contributed by atoms with E-state index in [1.165, 1.54) is 6.20 Å². The molecule has 0 atom stereocenters. The fourth-order valence-corrected chi connectivity index (χ4v) is 0.307. The number of aromatic nitrogens is 1. The summed E-state index contributed by atoms with van der Waals surface area (Å²) in [5, 5.41) is 10.1. The zero-order valence-electron chi connectivity index (χ0n) is 3.59. The molecule has 0 spiro atoms. The van der Waals surface area contributed by atoms with Gasteiger partial charge in [-0.2, -0.15) is 4.73 Å². The molecule has 7 heavy (non-hydrogen) atoms. The highest BCUT2D eigenvalue weighted by Crippen LogP contribution is 1.69. The highest BCUT2D eigenvalue weighted by Gasteiger charge is 1.78. The van der Waals surface area contributed by atoms with Crippen molar-refractivity contribution in [3.8, 4) is 0 Å². The molecule has 0 amide bonds. The Labute approximate surface area is 41.6 Å². The third kappa shape index (κ3) is 0.892. The smallest absolute Gasteiger partial charge is 0.298 e. The van der Waals surface area contributed by atoms with Crippen LogP contribution in [0.2, 0.25) is 0 Å². The van der Waals surface area contributed by atoms with E-state index in [1.807, 2.05) is 0 Å². The summed E-state index contributed by atoms with van der Waals surface area (Å²) in [4.78, 5) is 0. The van der Waals surface area contributed by atoms with Gasteiger partial charge < -0.3 is 5.21 Å². The fourth-order valence-electron chi connectivity index (χ4n) is 0.307. The van der Waals surface area contributed by atoms with Crippen LogP contribution in [0, 0.1) is 17.5 Å². The van der Waals surface area contributed by atoms with Crippen LogP contribution in [0.5, 0.6) is 0 Å². The average molecular weight is 93.1 g/mol. The third-order valence-electron chi connectivity index (χ3n) is 0.576. The molecule has 0 aliphatic rings. The van der Waals surface area contributed by atoms with Gasteiger partial charge in [-0.1, -0.05) is 0 Å². The molecule has 0 saturated carbocycles. The molecular formula is C5H3NO. The molecule has 34 valence electrons. The van der Waals surface area contributed by atoms with Crippen molar-refractivity contribution in [1.82, 2.24) is 0 Å². The SMILES string of the molecule is [O-][n+]1[c][c]ccc1. The lowest BCUT2D eigenvalue weighted by Gasteiger charge is -1.85. The monoisotopic (exact) mass is 93.0 g/mol. The maximum Gasteiger partial charge on any atom is 0.298 e. The lowest BCUT2D eigenvalue weighted by Crippen LogP contribution is -2.23. The molecule has 1 aromatic heterocycles. The molecule has 0 fully saturated rings. The van der Waals surface area contributed by atoms with Gasteiger partial charge >= 0.3 is 0 Å². The van der Waals surface area contributed by atoms with Crippen molar-refractivity contribution in [2.24, 2.45) is 0 Å². The first-order valence-corrected chi connectivity index (χ1v) is 1.87. The number of nitrogens with zero attached hydrogens (tertiary/aromatic N) is 1. The Kier molecular flexibility index (Phi) is 0.941. The van der Waals surface area contributed by atoms with E-state index in [9.17, 15) is 5.21 Å². The van der Waals surface area contributed by atoms with Crippen molar-refractivity contribution in [1.29, 1.82) is 0 Å². The first kappa shape index (κ1) is 4.12. The van der Waals surface area contributed by atoms with Gasteiger partial charge in [0.25, 0.3) is 6.20 Å².